The van der Waals surface area contributed by atoms with Crippen molar-refractivity contribution in [1.29, 1.82) is 0 Å². The van der Waals surface area contributed by atoms with Gasteiger partial charge in [0, 0.05) is 22.2 Å². The molecular formula is C18H17Cl2N3O4S. The molecule has 1 fully saturated rings. The number of amides is 1. The number of nitrogens with zero attached hydrogens (tertiary/aromatic N) is 2. The fourth-order valence-corrected chi connectivity index (χ4v) is 4.86. The van der Waals surface area contributed by atoms with Gasteiger partial charge in [0.15, 0.2) is 0 Å². The van der Waals surface area contributed by atoms with Gasteiger partial charge in [0.1, 0.15) is 11.8 Å². The van der Waals surface area contributed by atoms with E-state index in [0.29, 0.717) is 28.5 Å². The molecule has 148 valence electrons. The largest absolute Gasteiger partial charge is 0.507 e. The SMILES string of the molecule is O=C(N/N=C\c1cc(Cl)ccc1O)[C@@H]1CCCN1S(=O)(=O)c1ccc(Cl)cc1. The Morgan fingerprint density at radius 3 is 2.57 bits per heavy atom. The highest BCUT2D eigenvalue weighted by molar-refractivity contribution is 7.89. The molecule has 0 aromatic heterocycles. The van der Waals surface area contributed by atoms with E-state index in [-0.39, 0.29) is 17.2 Å². The Hall–Kier alpha value is -2.13. The number of nitrogens with one attached hydrogen (secondary N) is 1. The zero-order valence-corrected chi connectivity index (χ0v) is 16.9. The fraction of sp³-hybridized carbons (Fsp3) is 0.222. The fourth-order valence-electron chi connectivity index (χ4n) is 2.90. The minimum absolute atomic E-state index is 0.0461. The third-order valence-corrected chi connectivity index (χ3v) is 6.70. The summed E-state index contributed by atoms with van der Waals surface area (Å²) in [5.41, 5.74) is 2.66. The van der Waals surface area contributed by atoms with Crippen LogP contribution < -0.4 is 5.43 Å². The van der Waals surface area contributed by atoms with Crippen molar-refractivity contribution in [3.8, 4) is 5.75 Å². The van der Waals surface area contributed by atoms with Gasteiger partial charge in [0.05, 0.1) is 11.1 Å². The van der Waals surface area contributed by atoms with Gasteiger partial charge in [-0.3, -0.25) is 4.79 Å². The van der Waals surface area contributed by atoms with Gasteiger partial charge in [-0.05, 0) is 55.3 Å². The average molecular weight is 442 g/mol. The lowest BCUT2D eigenvalue weighted by Crippen LogP contribution is -2.44. The van der Waals surface area contributed by atoms with Gasteiger partial charge in [-0.15, -0.1) is 0 Å². The first kappa shape index (κ1) is 20.6. The highest BCUT2D eigenvalue weighted by Gasteiger charge is 2.39. The van der Waals surface area contributed by atoms with Crippen LogP contribution in [0.1, 0.15) is 18.4 Å². The predicted molar refractivity (Wildman–Crippen MR) is 107 cm³/mol. The minimum atomic E-state index is -3.83. The van der Waals surface area contributed by atoms with Crippen LogP contribution >= 0.6 is 23.2 Å². The zero-order valence-electron chi connectivity index (χ0n) is 14.5. The summed E-state index contributed by atoms with van der Waals surface area (Å²) in [4.78, 5) is 12.6. The second-order valence-electron chi connectivity index (χ2n) is 6.17. The molecule has 10 heteroatoms. The first-order valence-electron chi connectivity index (χ1n) is 8.38. The molecule has 0 aliphatic carbocycles. The molecule has 1 heterocycles. The molecule has 2 aromatic carbocycles. The van der Waals surface area contributed by atoms with Crippen molar-refractivity contribution < 1.29 is 18.3 Å². The van der Waals surface area contributed by atoms with Crippen LogP contribution in [-0.4, -0.2) is 42.5 Å². The third-order valence-electron chi connectivity index (χ3n) is 4.29. The van der Waals surface area contributed by atoms with E-state index in [2.05, 4.69) is 10.5 Å². The summed E-state index contributed by atoms with van der Waals surface area (Å²) < 4.78 is 26.9. The van der Waals surface area contributed by atoms with E-state index in [9.17, 15) is 18.3 Å². The number of halogens is 2. The number of carbonyl (C=O) groups excluding carboxylic acids is 1. The standard InChI is InChI=1S/C18H17Cl2N3O4S/c19-13-3-6-15(7-4-13)28(26,27)23-9-1-2-16(23)18(25)22-21-11-12-10-14(20)5-8-17(12)24/h3-8,10-11,16,24H,1-2,9H2,(H,22,25)/b21-11-/t16-/m0/s1. The number of hydrazone groups is 1. The average Bonchev–Trinajstić information content (AvgIpc) is 3.16. The second-order valence-corrected chi connectivity index (χ2v) is 8.93. The molecule has 2 N–H and O–H groups in total. The summed E-state index contributed by atoms with van der Waals surface area (Å²) in [6, 6.07) is 9.33. The molecule has 1 aliphatic rings. The smallest absolute Gasteiger partial charge is 0.258 e. The van der Waals surface area contributed by atoms with Gasteiger partial charge < -0.3 is 5.11 Å². The molecule has 3 rings (SSSR count). The predicted octanol–water partition coefficient (Wildman–Crippen LogP) is 3.00. The number of benzene rings is 2. The molecule has 0 radical (unpaired) electrons. The highest BCUT2D eigenvalue weighted by Crippen LogP contribution is 2.27. The number of phenols is 1. The van der Waals surface area contributed by atoms with Crippen molar-refractivity contribution >= 4 is 45.3 Å². The molecule has 0 saturated carbocycles. The summed E-state index contributed by atoms with van der Waals surface area (Å²) in [6.45, 7) is 0.238. The van der Waals surface area contributed by atoms with Gasteiger partial charge in [-0.2, -0.15) is 9.41 Å². The van der Waals surface area contributed by atoms with E-state index in [0.717, 1.165) is 4.31 Å². The van der Waals surface area contributed by atoms with Crippen LogP contribution in [0.15, 0.2) is 52.5 Å². The van der Waals surface area contributed by atoms with Crippen LogP contribution in [0.25, 0.3) is 0 Å². The molecule has 1 atom stereocenters. The van der Waals surface area contributed by atoms with E-state index in [1.165, 1.54) is 48.7 Å². The van der Waals surface area contributed by atoms with Crippen LogP contribution in [0, 0.1) is 0 Å². The van der Waals surface area contributed by atoms with Gasteiger partial charge in [-0.25, -0.2) is 13.8 Å². The summed E-state index contributed by atoms with van der Waals surface area (Å²) in [5, 5.41) is 14.4. The van der Waals surface area contributed by atoms with E-state index in [1.807, 2.05) is 0 Å². The number of rotatable bonds is 5. The topological polar surface area (TPSA) is 99.1 Å². The van der Waals surface area contributed by atoms with Crippen molar-refractivity contribution in [2.24, 2.45) is 5.10 Å². The Labute approximate surface area is 172 Å². The maximum Gasteiger partial charge on any atom is 0.258 e. The number of hydrogen-bond donors (Lipinski definition) is 2. The van der Waals surface area contributed by atoms with Gasteiger partial charge in [0.25, 0.3) is 5.91 Å². The maximum atomic E-state index is 12.9. The number of aromatic hydroxyl groups is 1. The Kier molecular flexibility index (Phi) is 6.24. The van der Waals surface area contributed by atoms with Crippen LogP contribution in [0.5, 0.6) is 5.75 Å². The molecular weight excluding hydrogens is 425 g/mol. The van der Waals surface area contributed by atoms with Crippen LogP contribution in [-0.2, 0) is 14.8 Å². The number of carbonyl (C=O) groups is 1. The third kappa shape index (κ3) is 4.47. The zero-order chi connectivity index (χ0) is 20.3. The second kappa shape index (κ2) is 8.48. The van der Waals surface area contributed by atoms with Crippen LogP contribution in [0.2, 0.25) is 10.0 Å². The van der Waals surface area contributed by atoms with Crippen LogP contribution in [0.3, 0.4) is 0 Å². The van der Waals surface area contributed by atoms with Gasteiger partial charge in [0.2, 0.25) is 10.0 Å². The summed E-state index contributed by atoms with van der Waals surface area (Å²) in [6.07, 6.45) is 2.19. The molecule has 7 nitrogen and oxygen atoms in total. The molecule has 1 amide bonds. The quantitative estimate of drug-likeness (QED) is 0.550. The monoisotopic (exact) mass is 441 g/mol. The summed E-state index contributed by atoms with van der Waals surface area (Å²) in [7, 11) is -3.83. The lowest BCUT2D eigenvalue weighted by atomic mass is 10.2. The van der Waals surface area contributed by atoms with E-state index in [1.54, 1.807) is 0 Å². The lowest BCUT2D eigenvalue weighted by Gasteiger charge is -2.22. The van der Waals surface area contributed by atoms with Crippen molar-refractivity contribution in [2.45, 2.75) is 23.8 Å². The molecule has 1 aliphatic heterocycles. The van der Waals surface area contributed by atoms with Gasteiger partial charge in [-0.1, -0.05) is 23.2 Å². The Morgan fingerprint density at radius 1 is 1.18 bits per heavy atom. The van der Waals surface area contributed by atoms with E-state index >= 15 is 0 Å². The molecule has 0 spiro atoms. The number of phenolic OH excluding ortho intramolecular Hbond substituents is 1. The Morgan fingerprint density at radius 2 is 1.86 bits per heavy atom. The van der Waals surface area contributed by atoms with Crippen molar-refractivity contribution in [2.75, 3.05) is 6.54 Å². The van der Waals surface area contributed by atoms with Crippen molar-refractivity contribution in [3.05, 3.63) is 58.1 Å². The van der Waals surface area contributed by atoms with Crippen LogP contribution in [0.4, 0.5) is 0 Å². The Bertz CT molecular complexity index is 1010. The molecule has 0 bridgehead atoms. The highest BCUT2D eigenvalue weighted by atomic mass is 35.5. The van der Waals surface area contributed by atoms with E-state index in [4.69, 9.17) is 23.2 Å². The molecule has 2 aromatic rings. The van der Waals surface area contributed by atoms with E-state index < -0.39 is 22.0 Å². The molecule has 0 unspecified atom stereocenters. The lowest BCUT2D eigenvalue weighted by molar-refractivity contribution is -0.124. The van der Waals surface area contributed by atoms with Crippen molar-refractivity contribution in [3.63, 3.8) is 0 Å². The molecule has 28 heavy (non-hydrogen) atoms. The minimum Gasteiger partial charge on any atom is -0.507 e. The maximum absolute atomic E-state index is 12.9. The number of sulfonamides is 1. The number of hydrogen-bond acceptors (Lipinski definition) is 5. The van der Waals surface area contributed by atoms with Crippen molar-refractivity contribution in [1.82, 2.24) is 9.73 Å². The summed E-state index contributed by atoms with van der Waals surface area (Å²) >= 11 is 11.7. The molecule has 1 saturated heterocycles. The Balaban J connectivity index is 1.73. The normalized spacial score (nSPS) is 17.9. The van der Waals surface area contributed by atoms with Gasteiger partial charge >= 0.3 is 0 Å². The first-order valence-corrected chi connectivity index (χ1v) is 10.6. The summed E-state index contributed by atoms with van der Waals surface area (Å²) in [5.74, 6) is -0.594. The first-order chi connectivity index (χ1) is 13.3.